The third-order valence-corrected chi connectivity index (χ3v) is 9.67. The van der Waals surface area contributed by atoms with Crippen molar-refractivity contribution < 1.29 is 9.90 Å². The summed E-state index contributed by atoms with van der Waals surface area (Å²) < 4.78 is 1.76. The predicted molar refractivity (Wildman–Crippen MR) is 123 cm³/mol. The van der Waals surface area contributed by atoms with Crippen LogP contribution < -0.4 is 5.56 Å². The van der Waals surface area contributed by atoms with Crippen LogP contribution in [0.2, 0.25) is 0 Å². The first-order valence-electron chi connectivity index (χ1n) is 12.3. The van der Waals surface area contributed by atoms with Crippen LogP contribution in [0, 0.1) is 23.2 Å². The number of para-hydroxylation sites is 2. The van der Waals surface area contributed by atoms with E-state index >= 15 is 0 Å². The summed E-state index contributed by atoms with van der Waals surface area (Å²) in [6, 6.07) is 8.48. The van der Waals surface area contributed by atoms with Crippen molar-refractivity contribution in [3.05, 3.63) is 40.3 Å². The van der Waals surface area contributed by atoms with Gasteiger partial charge in [0, 0.05) is 24.7 Å². The Morgan fingerprint density at radius 2 is 1.78 bits per heavy atom. The summed E-state index contributed by atoms with van der Waals surface area (Å²) in [6.07, 6.45) is 8.40. The van der Waals surface area contributed by atoms with Gasteiger partial charge in [-0.1, -0.05) is 26.0 Å². The van der Waals surface area contributed by atoms with Crippen LogP contribution in [-0.4, -0.2) is 44.2 Å². The van der Waals surface area contributed by atoms with Crippen molar-refractivity contribution in [1.29, 1.82) is 0 Å². The molecule has 7 rings (SSSR count). The number of aromatic nitrogens is 2. The van der Waals surface area contributed by atoms with Gasteiger partial charge in [0.25, 0.3) is 5.56 Å². The zero-order valence-corrected chi connectivity index (χ0v) is 19.0. The van der Waals surface area contributed by atoms with Gasteiger partial charge in [-0.2, -0.15) is 0 Å². The van der Waals surface area contributed by atoms with Crippen LogP contribution >= 0.6 is 0 Å². The highest BCUT2D eigenvalue weighted by Crippen LogP contribution is 2.61. The van der Waals surface area contributed by atoms with E-state index in [1.807, 2.05) is 18.2 Å². The van der Waals surface area contributed by atoms with Gasteiger partial charge >= 0.3 is 5.97 Å². The van der Waals surface area contributed by atoms with E-state index in [-0.39, 0.29) is 11.7 Å². The number of carbonyl (C=O) groups is 1. The molecule has 0 amide bonds. The smallest absolute Gasteiger partial charge is 0.360 e. The number of piperidine rings is 1. The molecule has 3 heterocycles. The Balaban J connectivity index is 1.29. The molecule has 3 aliphatic carbocycles. The average Bonchev–Trinajstić information content (AvgIpc) is 3.00. The predicted octanol–water partition coefficient (Wildman–Crippen LogP) is 4.33. The zero-order chi connectivity index (χ0) is 22.2. The Morgan fingerprint density at radius 1 is 1.06 bits per heavy atom. The topological polar surface area (TPSA) is 75.4 Å². The number of aromatic carboxylic acids is 1. The SMILES string of the molecule is CC1(C)C2C[C@@H]1CC[C@H]2CN1[C@@H]2CC[C@H]1CC(n1c(=O)c(C(=O)O)nc3ccccc31)C2. The summed E-state index contributed by atoms with van der Waals surface area (Å²) in [5, 5.41) is 9.58. The number of nitrogens with zero attached hydrogens (tertiary/aromatic N) is 3. The zero-order valence-electron chi connectivity index (χ0n) is 19.0. The second kappa shape index (κ2) is 7.14. The maximum atomic E-state index is 13.2. The molecular formula is C26H33N3O3. The van der Waals surface area contributed by atoms with E-state index in [0.29, 0.717) is 23.0 Å². The first kappa shape index (κ1) is 20.4. The quantitative estimate of drug-likeness (QED) is 0.773. The minimum atomic E-state index is -1.24. The molecule has 0 radical (unpaired) electrons. The van der Waals surface area contributed by atoms with Gasteiger partial charge in [-0.25, -0.2) is 9.78 Å². The van der Waals surface area contributed by atoms with Crippen molar-refractivity contribution in [1.82, 2.24) is 14.5 Å². The number of benzene rings is 1. The van der Waals surface area contributed by atoms with Crippen molar-refractivity contribution in [2.75, 3.05) is 6.54 Å². The van der Waals surface area contributed by atoms with Crippen molar-refractivity contribution in [2.45, 2.75) is 76.9 Å². The molecule has 2 saturated heterocycles. The van der Waals surface area contributed by atoms with E-state index < -0.39 is 11.5 Å². The van der Waals surface area contributed by atoms with Crippen LogP contribution in [-0.2, 0) is 0 Å². The molecule has 1 aromatic heterocycles. The monoisotopic (exact) mass is 435 g/mol. The standard InChI is InChI=1S/C26H33N3O3/c1-26(2)16-8-7-15(20(26)11-16)14-28-17-9-10-18(28)13-19(12-17)29-22-6-4-3-5-21(22)27-23(24(29)30)25(31)32/h3-6,15-20H,7-14H2,1-2H3,(H,31,32)/t15-,16-,17-,18+,19?,20?/m0/s1. The lowest BCUT2D eigenvalue weighted by atomic mass is 9.45. The molecule has 5 aliphatic rings. The molecule has 170 valence electrons. The molecule has 32 heavy (non-hydrogen) atoms. The van der Waals surface area contributed by atoms with Gasteiger partial charge in [-0.15, -0.1) is 0 Å². The number of rotatable bonds is 4. The first-order chi connectivity index (χ1) is 15.3. The number of hydrogen-bond donors (Lipinski definition) is 1. The molecule has 4 bridgehead atoms. The molecule has 0 spiro atoms. The fourth-order valence-corrected chi connectivity index (χ4v) is 7.86. The molecule has 5 fully saturated rings. The lowest BCUT2D eigenvalue weighted by Crippen LogP contribution is -2.56. The van der Waals surface area contributed by atoms with E-state index in [0.717, 1.165) is 36.1 Å². The van der Waals surface area contributed by atoms with Crippen LogP contribution in [0.5, 0.6) is 0 Å². The van der Waals surface area contributed by atoms with Gasteiger partial charge in [-0.3, -0.25) is 9.69 Å². The molecule has 1 N–H and O–H groups in total. The van der Waals surface area contributed by atoms with Gasteiger partial charge in [0.2, 0.25) is 5.69 Å². The Bertz CT molecular complexity index is 1120. The third-order valence-electron chi connectivity index (χ3n) is 9.67. The van der Waals surface area contributed by atoms with Crippen LogP contribution in [0.15, 0.2) is 29.1 Å². The van der Waals surface area contributed by atoms with Crippen molar-refractivity contribution >= 4 is 17.0 Å². The summed E-state index contributed by atoms with van der Waals surface area (Å²) in [4.78, 5) is 31.8. The fourth-order valence-electron chi connectivity index (χ4n) is 7.86. The van der Waals surface area contributed by atoms with Crippen LogP contribution in [0.1, 0.15) is 75.3 Å². The van der Waals surface area contributed by atoms with Gasteiger partial charge in [0.05, 0.1) is 11.0 Å². The Labute approximate surface area is 188 Å². The molecule has 6 atom stereocenters. The number of fused-ring (bicyclic) bond motifs is 5. The van der Waals surface area contributed by atoms with Crippen LogP contribution in [0.4, 0.5) is 0 Å². The third kappa shape index (κ3) is 2.91. The Kier molecular flexibility index (Phi) is 4.55. The van der Waals surface area contributed by atoms with Gasteiger partial charge < -0.3 is 9.67 Å². The largest absolute Gasteiger partial charge is 0.476 e. The molecule has 3 saturated carbocycles. The second-order valence-corrected chi connectivity index (χ2v) is 11.3. The van der Waals surface area contributed by atoms with E-state index in [2.05, 4.69) is 23.7 Å². The van der Waals surface area contributed by atoms with E-state index in [1.54, 1.807) is 10.6 Å². The molecule has 6 nitrogen and oxygen atoms in total. The van der Waals surface area contributed by atoms with Crippen molar-refractivity contribution in [3.8, 4) is 0 Å². The lowest BCUT2D eigenvalue weighted by molar-refractivity contribution is -0.116. The maximum absolute atomic E-state index is 13.2. The van der Waals surface area contributed by atoms with Gasteiger partial charge in [-0.05, 0) is 80.2 Å². The number of hydrogen-bond acceptors (Lipinski definition) is 4. The highest BCUT2D eigenvalue weighted by Gasteiger charge is 2.55. The average molecular weight is 436 g/mol. The lowest BCUT2D eigenvalue weighted by Gasteiger charge is -2.61. The van der Waals surface area contributed by atoms with Crippen LogP contribution in [0.25, 0.3) is 11.0 Å². The molecule has 6 heteroatoms. The van der Waals surface area contributed by atoms with E-state index in [9.17, 15) is 14.7 Å². The summed E-state index contributed by atoms with van der Waals surface area (Å²) in [7, 11) is 0. The summed E-state index contributed by atoms with van der Waals surface area (Å²) >= 11 is 0. The first-order valence-corrected chi connectivity index (χ1v) is 12.3. The van der Waals surface area contributed by atoms with E-state index in [1.165, 1.54) is 38.6 Å². The minimum absolute atomic E-state index is 0.0399. The Morgan fingerprint density at radius 3 is 2.44 bits per heavy atom. The number of carboxylic acid groups (broad SMARTS) is 1. The summed E-state index contributed by atoms with van der Waals surface area (Å²) in [5.74, 6) is 1.36. The van der Waals surface area contributed by atoms with Gasteiger partial charge in [0.1, 0.15) is 0 Å². The molecule has 2 aliphatic heterocycles. The fraction of sp³-hybridized carbons (Fsp3) is 0.654. The Hall–Kier alpha value is -2.21. The normalized spacial score (nSPS) is 35.6. The highest BCUT2D eigenvalue weighted by molar-refractivity contribution is 5.88. The summed E-state index contributed by atoms with van der Waals surface area (Å²) in [6.45, 7) is 6.15. The van der Waals surface area contributed by atoms with Crippen molar-refractivity contribution in [3.63, 3.8) is 0 Å². The molecular weight excluding hydrogens is 402 g/mol. The van der Waals surface area contributed by atoms with Gasteiger partial charge in [0.15, 0.2) is 0 Å². The molecule has 1 aromatic carbocycles. The second-order valence-electron chi connectivity index (χ2n) is 11.3. The molecule has 2 aromatic rings. The highest BCUT2D eigenvalue weighted by atomic mass is 16.4. The summed E-state index contributed by atoms with van der Waals surface area (Å²) in [5.41, 5.74) is 1.04. The van der Waals surface area contributed by atoms with Crippen molar-refractivity contribution in [2.24, 2.45) is 23.2 Å². The van der Waals surface area contributed by atoms with Crippen LogP contribution in [0.3, 0.4) is 0 Å². The molecule has 2 unspecified atom stereocenters. The van der Waals surface area contributed by atoms with E-state index in [4.69, 9.17) is 0 Å². The maximum Gasteiger partial charge on any atom is 0.360 e. The minimum Gasteiger partial charge on any atom is -0.476 e. The number of carboxylic acids is 1.